The van der Waals surface area contributed by atoms with Gasteiger partial charge < -0.3 is 10.2 Å². The molecule has 5 heteroatoms. The van der Waals surface area contributed by atoms with Crippen LogP contribution in [-0.2, 0) is 0 Å². The number of carbonyl (C=O) groups is 1. The lowest BCUT2D eigenvalue weighted by Gasteiger charge is -2.32. The van der Waals surface area contributed by atoms with Gasteiger partial charge in [-0.1, -0.05) is 6.92 Å². The van der Waals surface area contributed by atoms with Crippen LogP contribution in [0.5, 0.6) is 0 Å². The molecule has 2 aromatic rings. The number of hydrogen-bond donors (Lipinski definition) is 1. The van der Waals surface area contributed by atoms with Crippen molar-refractivity contribution in [2.75, 3.05) is 23.3 Å². The number of piperidine rings is 1. The van der Waals surface area contributed by atoms with E-state index in [9.17, 15) is 13.6 Å². The van der Waals surface area contributed by atoms with Crippen molar-refractivity contribution in [1.29, 1.82) is 0 Å². The highest BCUT2D eigenvalue weighted by atomic mass is 19.1. The number of anilines is 2. The molecule has 0 radical (unpaired) electrons. The van der Waals surface area contributed by atoms with Crippen molar-refractivity contribution in [2.45, 2.75) is 19.8 Å². The second-order valence-corrected chi connectivity index (χ2v) is 6.29. The minimum atomic E-state index is -0.869. The molecule has 2 aromatic carbocycles. The molecule has 1 saturated heterocycles. The van der Waals surface area contributed by atoms with Gasteiger partial charge >= 0.3 is 0 Å². The first kappa shape index (κ1) is 16.4. The van der Waals surface area contributed by atoms with Crippen molar-refractivity contribution in [3.05, 3.63) is 59.7 Å². The molecule has 0 aromatic heterocycles. The predicted molar refractivity (Wildman–Crippen MR) is 91.4 cm³/mol. The normalized spacial score (nSPS) is 15.4. The van der Waals surface area contributed by atoms with Gasteiger partial charge in [0.15, 0.2) is 0 Å². The van der Waals surface area contributed by atoms with E-state index in [0.29, 0.717) is 11.8 Å². The minimum Gasteiger partial charge on any atom is -0.372 e. The zero-order valence-electron chi connectivity index (χ0n) is 13.6. The summed E-state index contributed by atoms with van der Waals surface area (Å²) in [7, 11) is 0. The maximum atomic E-state index is 13.6. The summed E-state index contributed by atoms with van der Waals surface area (Å²) in [6.07, 6.45) is 2.37. The molecule has 1 N–H and O–H groups in total. The van der Waals surface area contributed by atoms with Gasteiger partial charge in [-0.2, -0.15) is 0 Å². The summed E-state index contributed by atoms with van der Waals surface area (Å²) < 4.78 is 26.5. The molecule has 3 nitrogen and oxygen atoms in total. The van der Waals surface area contributed by atoms with Crippen LogP contribution >= 0.6 is 0 Å². The summed E-state index contributed by atoms with van der Waals surface area (Å²) >= 11 is 0. The minimum absolute atomic E-state index is 0.175. The van der Waals surface area contributed by atoms with E-state index in [2.05, 4.69) is 17.1 Å². The Balaban J connectivity index is 1.66. The van der Waals surface area contributed by atoms with Crippen LogP contribution in [-0.4, -0.2) is 19.0 Å². The van der Waals surface area contributed by atoms with Gasteiger partial charge in [0.1, 0.15) is 11.6 Å². The molecule has 1 aliphatic heterocycles. The van der Waals surface area contributed by atoms with Gasteiger partial charge in [-0.05, 0) is 55.2 Å². The topological polar surface area (TPSA) is 32.3 Å². The van der Waals surface area contributed by atoms with Crippen LogP contribution in [0.1, 0.15) is 30.1 Å². The maximum Gasteiger partial charge on any atom is 0.258 e. The Bertz CT molecular complexity index is 723. The lowest BCUT2D eigenvalue weighted by atomic mass is 9.99. The maximum absolute atomic E-state index is 13.6. The predicted octanol–water partition coefficient (Wildman–Crippen LogP) is 4.45. The molecule has 1 heterocycles. The standard InChI is InChI=1S/C19H20F2N2O/c1-13-8-10-23(11-9-13)16-5-3-15(4-6-16)22-19(24)17-7-2-14(20)12-18(17)21/h2-7,12-13H,8-11H2,1H3,(H,22,24). The van der Waals surface area contributed by atoms with E-state index < -0.39 is 17.5 Å². The van der Waals surface area contributed by atoms with Crippen LogP contribution in [0.4, 0.5) is 20.2 Å². The van der Waals surface area contributed by atoms with E-state index in [4.69, 9.17) is 0 Å². The average molecular weight is 330 g/mol. The number of rotatable bonds is 3. The van der Waals surface area contributed by atoms with Crippen LogP contribution < -0.4 is 10.2 Å². The monoisotopic (exact) mass is 330 g/mol. The molecule has 1 amide bonds. The highest BCUT2D eigenvalue weighted by Gasteiger charge is 2.16. The Morgan fingerprint density at radius 1 is 1.08 bits per heavy atom. The van der Waals surface area contributed by atoms with Gasteiger partial charge in [-0.15, -0.1) is 0 Å². The van der Waals surface area contributed by atoms with Gasteiger partial charge in [-0.25, -0.2) is 8.78 Å². The van der Waals surface area contributed by atoms with Gasteiger partial charge in [-0.3, -0.25) is 4.79 Å². The Morgan fingerprint density at radius 2 is 1.75 bits per heavy atom. The van der Waals surface area contributed by atoms with E-state index in [1.807, 2.05) is 12.1 Å². The van der Waals surface area contributed by atoms with E-state index in [1.165, 1.54) is 12.8 Å². The molecule has 0 atom stereocenters. The number of nitrogens with zero attached hydrogens (tertiary/aromatic N) is 1. The van der Waals surface area contributed by atoms with Crippen molar-refractivity contribution < 1.29 is 13.6 Å². The van der Waals surface area contributed by atoms with Crippen molar-refractivity contribution in [1.82, 2.24) is 0 Å². The van der Waals surface area contributed by atoms with Crippen molar-refractivity contribution >= 4 is 17.3 Å². The molecule has 0 unspecified atom stereocenters. The molecule has 24 heavy (non-hydrogen) atoms. The molecule has 126 valence electrons. The van der Waals surface area contributed by atoms with Crippen LogP contribution in [0.15, 0.2) is 42.5 Å². The van der Waals surface area contributed by atoms with E-state index >= 15 is 0 Å². The summed E-state index contributed by atoms with van der Waals surface area (Å²) in [6, 6.07) is 10.4. The highest BCUT2D eigenvalue weighted by molar-refractivity contribution is 6.04. The molecule has 1 fully saturated rings. The molecule has 3 rings (SSSR count). The molecular formula is C19H20F2N2O. The van der Waals surface area contributed by atoms with Gasteiger partial charge in [0.2, 0.25) is 0 Å². The van der Waals surface area contributed by atoms with E-state index in [-0.39, 0.29) is 5.56 Å². The first-order valence-electron chi connectivity index (χ1n) is 8.14. The molecule has 0 saturated carbocycles. The average Bonchev–Trinajstić information content (AvgIpc) is 2.56. The summed E-state index contributed by atoms with van der Waals surface area (Å²) in [5.74, 6) is -1.40. The number of hydrogen-bond acceptors (Lipinski definition) is 2. The fourth-order valence-electron chi connectivity index (χ4n) is 2.89. The number of halogens is 2. The van der Waals surface area contributed by atoms with Gasteiger partial charge in [0.25, 0.3) is 5.91 Å². The zero-order chi connectivity index (χ0) is 17.1. The van der Waals surface area contributed by atoms with E-state index in [1.54, 1.807) is 12.1 Å². The Morgan fingerprint density at radius 3 is 2.38 bits per heavy atom. The molecule has 0 aliphatic carbocycles. The molecule has 0 spiro atoms. The van der Waals surface area contributed by atoms with Gasteiger partial charge in [0, 0.05) is 30.5 Å². The number of carbonyl (C=O) groups excluding carboxylic acids is 1. The van der Waals surface area contributed by atoms with Crippen LogP contribution in [0, 0.1) is 17.6 Å². The SMILES string of the molecule is CC1CCN(c2ccc(NC(=O)c3ccc(F)cc3F)cc2)CC1. The fourth-order valence-corrected chi connectivity index (χ4v) is 2.89. The number of nitrogens with one attached hydrogen (secondary N) is 1. The second kappa shape index (κ2) is 6.99. The summed E-state index contributed by atoms with van der Waals surface area (Å²) in [5, 5.41) is 2.64. The third kappa shape index (κ3) is 3.72. The Kier molecular flexibility index (Phi) is 4.79. The zero-order valence-corrected chi connectivity index (χ0v) is 13.6. The first-order chi connectivity index (χ1) is 11.5. The fraction of sp³-hybridized carbons (Fsp3) is 0.316. The van der Waals surface area contributed by atoms with E-state index in [0.717, 1.165) is 36.8 Å². The van der Waals surface area contributed by atoms with Crippen molar-refractivity contribution in [3.63, 3.8) is 0 Å². The van der Waals surface area contributed by atoms with Crippen LogP contribution in [0.3, 0.4) is 0 Å². The van der Waals surface area contributed by atoms with Crippen LogP contribution in [0.25, 0.3) is 0 Å². The third-order valence-electron chi connectivity index (χ3n) is 4.45. The van der Waals surface area contributed by atoms with Crippen LogP contribution in [0.2, 0.25) is 0 Å². The van der Waals surface area contributed by atoms with Gasteiger partial charge in [0.05, 0.1) is 5.56 Å². The summed E-state index contributed by atoms with van der Waals surface area (Å²) in [6.45, 7) is 4.34. The largest absolute Gasteiger partial charge is 0.372 e. The third-order valence-corrected chi connectivity index (χ3v) is 4.45. The Hall–Kier alpha value is -2.43. The smallest absolute Gasteiger partial charge is 0.258 e. The summed E-state index contributed by atoms with van der Waals surface area (Å²) in [5.41, 5.74) is 1.52. The van der Waals surface area contributed by atoms with Crippen molar-refractivity contribution in [2.24, 2.45) is 5.92 Å². The molecular weight excluding hydrogens is 310 g/mol. The lowest BCUT2D eigenvalue weighted by molar-refractivity contribution is 0.102. The lowest BCUT2D eigenvalue weighted by Crippen LogP contribution is -2.32. The number of benzene rings is 2. The quantitative estimate of drug-likeness (QED) is 0.901. The highest BCUT2D eigenvalue weighted by Crippen LogP contribution is 2.24. The molecule has 0 bridgehead atoms. The Labute approximate surface area is 140 Å². The number of amides is 1. The van der Waals surface area contributed by atoms with Crippen molar-refractivity contribution in [3.8, 4) is 0 Å². The molecule has 1 aliphatic rings. The second-order valence-electron chi connectivity index (χ2n) is 6.29. The summed E-state index contributed by atoms with van der Waals surface area (Å²) in [4.78, 5) is 14.4. The first-order valence-corrected chi connectivity index (χ1v) is 8.14.